The van der Waals surface area contributed by atoms with Gasteiger partial charge >= 0.3 is 0 Å². The molecule has 0 spiro atoms. The number of piperidine rings is 2. The molecule has 3 aliphatic rings. The quantitative estimate of drug-likeness (QED) is 0.831. The van der Waals surface area contributed by atoms with Crippen LogP contribution in [0, 0.1) is 5.92 Å². The maximum atomic E-state index is 12.3. The molecular weight excluding hydrogens is 274 g/mol. The highest BCUT2D eigenvalue weighted by atomic mass is 35.5. The Kier molecular flexibility index (Phi) is 5.70. The molecule has 3 fully saturated rings. The first-order valence-corrected chi connectivity index (χ1v) is 8.00. The van der Waals surface area contributed by atoms with Gasteiger partial charge < -0.3 is 15.5 Å². The molecule has 2 saturated heterocycles. The summed E-state index contributed by atoms with van der Waals surface area (Å²) >= 11 is 0. The number of hydrogen-bond donors (Lipinski definition) is 2. The monoisotopic (exact) mass is 301 g/mol. The Balaban J connectivity index is 0.00000147. The minimum Gasteiger partial charge on any atom is -0.352 e. The van der Waals surface area contributed by atoms with E-state index in [1.165, 1.54) is 32.4 Å². The summed E-state index contributed by atoms with van der Waals surface area (Å²) < 4.78 is 0. The van der Waals surface area contributed by atoms with Crippen LogP contribution in [0.5, 0.6) is 0 Å². The van der Waals surface area contributed by atoms with Crippen LogP contribution in [0.15, 0.2) is 0 Å². The Morgan fingerprint density at radius 1 is 1.15 bits per heavy atom. The minimum atomic E-state index is 0. The van der Waals surface area contributed by atoms with Gasteiger partial charge in [0.25, 0.3) is 0 Å². The minimum absolute atomic E-state index is 0. The van der Waals surface area contributed by atoms with Crippen LogP contribution >= 0.6 is 12.4 Å². The molecule has 0 aromatic heterocycles. The normalized spacial score (nSPS) is 32.5. The van der Waals surface area contributed by atoms with Gasteiger partial charge in [0.1, 0.15) is 0 Å². The topological polar surface area (TPSA) is 44.4 Å². The molecule has 4 nitrogen and oxygen atoms in total. The number of carbonyl (C=O) groups excluding carboxylic acids is 1. The van der Waals surface area contributed by atoms with Gasteiger partial charge in [-0.15, -0.1) is 12.4 Å². The van der Waals surface area contributed by atoms with E-state index in [4.69, 9.17) is 0 Å². The van der Waals surface area contributed by atoms with Gasteiger partial charge in [-0.3, -0.25) is 4.79 Å². The third-order valence-corrected chi connectivity index (χ3v) is 4.92. The molecule has 5 heteroatoms. The highest BCUT2D eigenvalue weighted by molar-refractivity contribution is 5.85. The average Bonchev–Trinajstić information content (AvgIpc) is 3.24. The Morgan fingerprint density at radius 3 is 2.45 bits per heavy atom. The molecule has 0 radical (unpaired) electrons. The Hall–Kier alpha value is -0.320. The van der Waals surface area contributed by atoms with Gasteiger partial charge in [0.05, 0.1) is 6.04 Å². The first kappa shape index (κ1) is 16.1. The van der Waals surface area contributed by atoms with Crippen LogP contribution in [0.3, 0.4) is 0 Å². The zero-order valence-corrected chi connectivity index (χ0v) is 13.3. The zero-order chi connectivity index (χ0) is 13.2. The molecule has 2 unspecified atom stereocenters. The first-order valence-electron chi connectivity index (χ1n) is 8.00. The summed E-state index contributed by atoms with van der Waals surface area (Å²) in [6, 6.07) is 1.32. The maximum Gasteiger partial charge on any atom is 0.237 e. The number of hydrogen-bond acceptors (Lipinski definition) is 3. The lowest BCUT2D eigenvalue weighted by atomic mass is 9.93. The van der Waals surface area contributed by atoms with Crippen molar-refractivity contribution in [1.29, 1.82) is 0 Å². The molecule has 0 bridgehead atoms. The maximum absolute atomic E-state index is 12.3. The predicted octanol–water partition coefficient (Wildman–Crippen LogP) is 1.54. The molecule has 0 aromatic carbocycles. The van der Waals surface area contributed by atoms with Crippen molar-refractivity contribution in [2.45, 2.75) is 63.6 Å². The average molecular weight is 302 g/mol. The molecule has 116 valence electrons. The molecule has 2 aliphatic heterocycles. The SMILES string of the molecule is CC1CCNC(C(=O)NC2CCN(C3CC3)CC2)C1.Cl. The van der Waals surface area contributed by atoms with Crippen molar-refractivity contribution in [3.8, 4) is 0 Å². The van der Waals surface area contributed by atoms with Crippen LogP contribution in [0.1, 0.15) is 45.4 Å². The molecule has 1 saturated carbocycles. The van der Waals surface area contributed by atoms with E-state index in [9.17, 15) is 4.79 Å². The fourth-order valence-corrected chi connectivity index (χ4v) is 3.46. The second-order valence-corrected chi connectivity index (χ2v) is 6.69. The second-order valence-electron chi connectivity index (χ2n) is 6.69. The van der Waals surface area contributed by atoms with Gasteiger partial charge in [-0.1, -0.05) is 6.92 Å². The van der Waals surface area contributed by atoms with Gasteiger partial charge in [0.2, 0.25) is 5.91 Å². The summed E-state index contributed by atoms with van der Waals surface area (Å²) in [7, 11) is 0. The van der Waals surface area contributed by atoms with E-state index < -0.39 is 0 Å². The van der Waals surface area contributed by atoms with Crippen LogP contribution in [0.2, 0.25) is 0 Å². The fraction of sp³-hybridized carbons (Fsp3) is 0.933. The molecule has 2 N–H and O–H groups in total. The van der Waals surface area contributed by atoms with Crippen LogP contribution in [0.25, 0.3) is 0 Å². The van der Waals surface area contributed by atoms with E-state index in [0.29, 0.717) is 12.0 Å². The summed E-state index contributed by atoms with van der Waals surface area (Å²) in [6.45, 7) is 5.57. The van der Waals surface area contributed by atoms with Crippen molar-refractivity contribution < 1.29 is 4.79 Å². The molecule has 1 aliphatic carbocycles. The van der Waals surface area contributed by atoms with Gasteiger partial charge in [-0.05, 0) is 51.0 Å². The number of amides is 1. The number of rotatable bonds is 3. The molecule has 2 heterocycles. The Bertz CT molecular complexity index is 327. The van der Waals surface area contributed by atoms with E-state index in [0.717, 1.165) is 31.8 Å². The van der Waals surface area contributed by atoms with E-state index in [1.54, 1.807) is 0 Å². The standard InChI is InChI=1S/C15H27N3O.ClH/c1-11-4-7-16-14(10-11)15(19)17-12-5-8-18(9-6-12)13-2-3-13;/h11-14,16H,2-10H2,1H3,(H,17,19);1H. The fourth-order valence-electron chi connectivity index (χ4n) is 3.46. The Morgan fingerprint density at radius 2 is 1.85 bits per heavy atom. The van der Waals surface area contributed by atoms with Crippen molar-refractivity contribution in [3.63, 3.8) is 0 Å². The molecule has 3 rings (SSSR count). The van der Waals surface area contributed by atoms with Crippen molar-refractivity contribution in [2.24, 2.45) is 5.92 Å². The largest absolute Gasteiger partial charge is 0.352 e. The van der Waals surface area contributed by atoms with Gasteiger partial charge in [0.15, 0.2) is 0 Å². The predicted molar refractivity (Wildman–Crippen MR) is 83.2 cm³/mol. The number of likely N-dealkylation sites (tertiary alicyclic amines) is 1. The van der Waals surface area contributed by atoms with Crippen molar-refractivity contribution in [3.05, 3.63) is 0 Å². The lowest BCUT2D eigenvalue weighted by Crippen LogP contribution is -2.53. The Labute approximate surface area is 128 Å². The summed E-state index contributed by atoms with van der Waals surface area (Å²) in [5.41, 5.74) is 0. The van der Waals surface area contributed by atoms with Gasteiger partial charge in [-0.25, -0.2) is 0 Å². The van der Waals surface area contributed by atoms with Gasteiger partial charge in [-0.2, -0.15) is 0 Å². The highest BCUT2D eigenvalue weighted by Gasteiger charge is 2.33. The number of carbonyl (C=O) groups is 1. The summed E-state index contributed by atoms with van der Waals surface area (Å²) in [4.78, 5) is 14.9. The number of nitrogens with one attached hydrogen (secondary N) is 2. The second kappa shape index (κ2) is 7.10. The molecule has 0 aromatic rings. The van der Waals surface area contributed by atoms with E-state index in [1.807, 2.05) is 0 Å². The van der Waals surface area contributed by atoms with Crippen LogP contribution in [-0.2, 0) is 4.79 Å². The van der Waals surface area contributed by atoms with E-state index in [2.05, 4.69) is 22.5 Å². The first-order chi connectivity index (χ1) is 9.22. The number of halogens is 1. The summed E-state index contributed by atoms with van der Waals surface area (Å²) in [5, 5.41) is 6.61. The highest BCUT2D eigenvalue weighted by Crippen LogP contribution is 2.29. The molecule has 1 amide bonds. The lowest BCUT2D eigenvalue weighted by Gasteiger charge is -2.34. The van der Waals surface area contributed by atoms with E-state index >= 15 is 0 Å². The van der Waals surface area contributed by atoms with Crippen LogP contribution < -0.4 is 10.6 Å². The van der Waals surface area contributed by atoms with Gasteiger partial charge in [0, 0.05) is 25.2 Å². The number of nitrogens with zero attached hydrogens (tertiary/aromatic N) is 1. The van der Waals surface area contributed by atoms with Crippen molar-refractivity contribution >= 4 is 18.3 Å². The summed E-state index contributed by atoms with van der Waals surface area (Å²) in [5.74, 6) is 0.908. The smallest absolute Gasteiger partial charge is 0.237 e. The third-order valence-electron chi connectivity index (χ3n) is 4.92. The molecule has 2 atom stereocenters. The van der Waals surface area contributed by atoms with Crippen molar-refractivity contribution in [2.75, 3.05) is 19.6 Å². The lowest BCUT2D eigenvalue weighted by molar-refractivity contribution is -0.125. The van der Waals surface area contributed by atoms with Crippen LogP contribution in [-0.4, -0.2) is 48.6 Å². The third kappa shape index (κ3) is 4.09. The molecule has 20 heavy (non-hydrogen) atoms. The van der Waals surface area contributed by atoms with E-state index in [-0.39, 0.29) is 24.4 Å². The summed E-state index contributed by atoms with van der Waals surface area (Å²) in [6.07, 6.45) is 7.23. The zero-order valence-electron chi connectivity index (χ0n) is 12.4. The van der Waals surface area contributed by atoms with Crippen molar-refractivity contribution in [1.82, 2.24) is 15.5 Å². The van der Waals surface area contributed by atoms with Crippen LogP contribution in [0.4, 0.5) is 0 Å². The molecular formula is C15H28ClN3O.